The standard InChI is InChI=1S/C9H10O2/c1-7(10)6-8-4-2-3-5-9(8)11/h2-5,8H,6H2,1H3. The molecule has 0 heterocycles. The van der Waals surface area contributed by atoms with Crippen LogP contribution >= 0.6 is 0 Å². The summed E-state index contributed by atoms with van der Waals surface area (Å²) in [6, 6.07) is 0. The van der Waals surface area contributed by atoms with Gasteiger partial charge in [0.25, 0.3) is 0 Å². The van der Waals surface area contributed by atoms with Crippen LogP contribution in [0.1, 0.15) is 13.3 Å². The molecule has 0 N–H and O–H groups in total. The maximum atomic E-state index is 11.0. The molecule has 0 aliphatic heterocycles. The van der Waals surface area contributed by atoms with Crippen LogP contribution in [0.4, 0.5) is 0 Å². The zero-order chi connectivity index (χ0) is 8.27. The summed E-state index contributed by atoms with van der Waals surface area (Å²) in [6.45, 7) is 1.50. The van der Waals surface area contributed by atoms with E-state index in [1.54, 1.807) is 18.2 Å². The topological polar surface area (TPSA) is 34.1 Å². The van der Waals surface area contributed by atoms with Gasteiger partial charge in [0.2, 0.25) is 0 Å². The number of Topliss-reactive ketones (excluding diaryl/α,β-unsaturated/α-hetero) is 1. The summed E-state index contributed by atoms with van der Waals surface area (Å²) in [7, 11) is 0. The lowest BCUT2D eigenvalue weighted by molar-refractivity contribution is -0.123. The molecule has 2 heteroatoms. The van der Waals surface area contributed by atoms with Crippen molar-refractivity contribution in [3.63, 3.8) is 0 Å². The van der Waals surface area contributed by atoms with E-state index in [9.17, 15) is 9.59 Å². The van der Waals surface area contributed by atoms with E-state index < -0.39 is 0 Å². The SMILES string of the molecule is CC(=O)CC1C=CC=CC1=O. The highest BCUT2D eigenvalue weighted by atomic mass is 16.1. The number of allylic oxidation sites excluding steroid dienone is 4. The molecular weight excluding hydrogens is 140 g/mol. The first-order valence-electron chi connectivity index (χ1n) is 3.58. The van der Waals surface area contributed by atoms with Gasteiger partial charge in [-0.1, -0.05) is 18.2 Å². The van der Waals surface area contributed by atoms with Gasteiger partial charge in [-0.25, -0.2) is 0 Å². The van der Waals surface area contributed by atoms with Crippen molar-refractivity contribution in [2.45, 2.75) is 13.3 Å². The minimum Gasteiger partial charge on any atom is -0.300 e. The fourth-order valence-electron chi connectivity index (χ4n) is 1.05. The Balaban J connectivity index is 2.59. The largest absolute Gasteiger partial charge is 0.300 e. The third kappa shape index (κ3) is 2.15. The van der Waals surface area contributed by atoms with Crippen LogP contribution in [0.3, 0.4) is 0 Å². The van der Waals surface area contributed by atoms with Gasteiger partial charge in [-0.3, -0.25) is 9.59 Å². The Labute approximate surface area is 65.6 Å². The molecule has 0 bridgehead atoms. The Morgan fingerprint density at radius 1 is 1.55 bits per heavy atom. The van der Waals surface area contributed by atoms with E-state index in [0.29, 0.717) is 6.42 Å². The highest BCUT2D eigenvalue weighted by molar-refractivity contribution is 5.97. The van der Waals surface area contributed by atoms with Crippen LogP contribution in [-0.4, -0.2) is 11.6 Å². The third-order valence-electron chi connectivity index (χ3n) is 1.59. The van der Waals surface area contributed by atoms with Crippen molar-refractivity contribution in [1.29, 1.82) is 0 Å². The smallest absolute Gasteiger partial charge is 0.162 e. The molecule has 1 unspecified atom stereocenters. The average Bonchev–Trinajstić information content (AvgIpc) is 1.93. The number of hydrogen-bond acceptors (Lipinski definition) is 2. The quantitative estimate of drug-likeness (QED) is 0.594. The van der Waals surface area contributed by atoms with Crippen LogP contribution in [0.25, 0.3) is 0 Å². The monoisotopic (exact) mass is 150 g/mol. The molecule has 0 radical (unpaired) electrons. The lowest BCUT2D eigenvalue weighted by atomic mass is 9.94. The Hall–Kier alpha value is -1.18. The second kappa shape index (κ2) is 3.28. The number of carbonyl (C=O) groups is 2. The van der Waals surface area contributed by atoms with Crippen LogP contribution in [0.15, 0.2) is 24.3 Å². The van der Waals surface area contributed by atoms with Gasteiger partial charge >= 0.3 is 0 Å². The highest BCUT2D eigenvalue weighted by Crippen LogP contribution is 2.11. The molecule has 11 heavy (non-hydrogen) atoms. The van der Waals surface area contributed by atoms with Crippen LogP contribution in [0, 0.1) is 5.92 Å². The Bertz CT molecular complexity index is 236. The van der Waals surface area contributed by atoms with E-state index in [1.807, 2.05) is 0 Å². The zero-order valence-corrected chi connectivity index (χ0v) is 6.41. The number of carbonyl (C=O) groups excluding carboxylic acids is 2. The van der Waals surface area contributed by atoms with Crippen molar-refractivity contribution in [2.24, 2.45) is 5.92 Å². The molecule has 58 valence electrons. The molecule has 0 aromatic rings. The first kappa shape index (κ1) is 7.92. The van der Waals surface area contributed by atoms with E-state index in [1.165, 1.54) is 13.0 Å². The van der Waals surface area contributed by atoms with Crippen LogP contribution in [0.5, 0.6) is 0 Å². The summed E-state index contributed by atoms with van der Waals surface area (Å²) >= 11 is 0. The fourth-order valence-corrected chi connectivity index (χ4v) is 1.05. The van der Waals surface area contributed by atoms with E-state index in [-0.39, 0.29) is 17.5 Å². The summed E-state index contributed by atoms with van der Waals surface area (Å²) in [5.41, 5.74) is 0. The maximum absolute atomic E-state index is 11.0. The molecular formula is C9H10O2. The molecule has 0 spiro atoms. The van der Waals surface area contributed by atoms with Gasteiger partial charge in [0.05, 0.1) is 0 Å². The van der Waals surface area contributed by atoms with Crippen molar-refractivity contribution in [1.82, 2.24) is 0 Å². The highest BCUT2D eigenvalue weighted by Gasteiger charge is 2.15. The Kier molecular flexibility index (Phi) is 2.36. The summed E-state index contributed by atoms with van der Waals surface area (Å²) in [5, 5.41) is 0. The minimum atomic E-state index is -0.211. The third-order valence-corrected chi connectivity index (χ3v) is 1.59. The molecule has 0 aromatic heterocycles. The molecule has 1 rings (SSSR count). The van der Waals surface area contributed by atoms with Crippen LogP contribution in [0.2, 0.25) is 0 Å². The van der Waals surface area contributed by atoms with Crippen LogP contribution < -0.4 is 0 Å². The molecule has 0 fully saturated rings. The second-order valence-electron chi connectivity index (χ2n) is 2.66. The predicted molar refractivity (Wildman–Crippen MR) is 42.1 cm³/mol. The molecule has 0 saturated carbocycles. The lowest BCUT2D eigenvalue weighted by Gasteiger charge is -2.08. The number of hydrogen-bond donors (Lipinski definition) is 0. The summed E-state index contributed by atoms with van der Waals surface area (Å²) in [4.78, 5) is 21.7. The molecule has 0 saturated heterocycles. The normalized spacial score (nSPS) is 22.3. The van der Waals surface area contributed by atoms with Crippen molar-refractivity contribution in [3.05, 3.63) is 24.3 Å². The molecule has 1 atom stereocenters. The van der Waals surface area contributed by atoms with E-state index >= 15 is 0 Å². The molecule has 0 amide bonds. The van der Waals surface area contributed by atoms with Gasteiger partial charge in [-0.15, -0.1) is 0 Å². The fraction of sp³-hybridized carbons (Fsp3) is 0.333. The first-order chi connectivity index (χ1) is 5.20. The summed E-state index contributed by atoms with van der Waals surface area (Å²) in [5.74, 6) is -0.122. The summed E-state index contributed by atoms with van der Waals surface area (Å²) in [6.07, 6.45) is 7.10. The van der Waals surface area contributed by atoms with Gasteiger partial charge < -0.3 is 0 Å². The first-order valence-corrected chi connectivity index (χ1v) is 3.58. The second-order valence-corrected chi connectivity index (χ2v) is 2.66. The molecule has 1 aliphatic carbocycles. The zero-order valence-electron chi connectivity index (χ0n) is 6.41. The van der Waals surface area contributed by atoms with E-state index in [0.717, 1.165) is 0 Å². The van der Waals surface area contributed by atoms with Gasteiger partial charge in [0, 0.05) is 12.3 Å². The van der Waals surface area contributed by atoms with Crippen molar-refractivity contribution < 1.29 is 9.59 Å². The average molecular weight is 150 g/mol. The lowest BCUT2D eigenvalue weighted by Crippen LogP contribution is -2.14. The van der Waals surface area contributed by atoms with Gasteiger partial charge in [0.1, 0.15) is 5.78 Å². The molecule has 1 aliphatic rings. The van der Waals surface area contributed by atoms with Gasteiger partial charge in [-0.05, 0) is 13.0 Å². The molecule has 0 aromatic carbocycles. The predicted octanol–water partition coefficient (Wildman–Crippen LogP) is 1.28. The van der Waals surface area contributed by atoms with E-state index in [2.05, 4.69) is 0 Å². The number of ketones is 2. The van der Waals surface area contributed by atoms with E-state index in [4.69, 9.17) is 0 Å². The Morgan fingerprint density at radius 2 is 2.27 bits per heavy atom. The van der Waals surface area contributed by atoms with Gasteiger partial charge in [-0.2, -0.15) is 0 Å². The Morgan fingerprint density at radius 3 is 2.82 bits per heavy atom. The minimum absolute atomic E-state index is 0.0303. The molecule has 2 nitrogen and oxygen atoms in total. The van der Waals surface area contributed by atoms with Crippen molar-refractivity contribution in [2.75, 3.05) is 0 Å². The number of rotatable bonds is 2. The maximum Gasteiger partial charge on any atom is 0.162 e. The van der Waals surface area contributed by atoms with Crippen molar-refractivity contribution in [3.8, 4) is 0 Å². The summed E-state index contributed by atoms with van der Waals surface area (Å²) < 4.78 is 0. The van der Waals surface area contributed by atoms with Crippen LogP contribution in [-0.2, 0) is 9.59 Å². The van der Waals surface area contributed by atoms with Gasteiger partial charge in [0.15, 0.2) is 5.78 Å². The van der Waals surface area contributed by atoms with Crippen molar-refractivity contribution >= 4 is 11.6 Å².